The van der Waals surface area contributed by atoms with Crippen LogP contribution in [0.15, 0.2) is 48.5 Å². The van der Waals surface area contributed by atoms with Gasteiger partial charge in [-0.1, -0.05) is 24.3 Å². The maximum absolute atomic E-state index is 5.57. The van der Waals surface area contributed by atoms with E-state index < -0.39 is 0 Å². The second-order valence-corrected chi connectivity index (χ2v) is 11.5. The molecule has 3 aliphatic rings. The SMILES string of the molecule is C1CCN(P(N2CCCC2)N2CCCC2)C1.c1ccc2c(c1)nnn2On1nnc2ccccc21. The molecule has 7 rings (SSSR count). The number of para-hydroxylation sites is 2. The van der Waals surface area contributed by atoms with Gasteiger partial charge < -0.3 is 0 Å². The minimum Gasteiger partial charge on any atom is -0.257 e. The highest BCUT2D eigenvalue weighted by Crippen LogP contribution is 2.52. The van der Waals surface area contributed by atoms with Crippen LogP contribution >= 0.6 is 8.37 Å². The third-order valence-electron chi connectivity index (χ3n) is 6.80. The highest BCUT2D eigenvalue weighted by molar-refractivity contribution is 7.50. The number of rotatable bonds is 5. The molecule has 184 valence electrons. The molecule has 3 aliphatic heterocycles. The molecular formula is C24H32N9OP. The van der Waals surface area contributed by atoms with Crippen LogP contribution in [0.1, 0.15) is 38.5 Å². The molecule has 2 aromatic carbocycles. The number of hydrogen-bond donors (Lipinski definition) is 0. The van der Waals surface area contributed by atoms with Gasteiger partial charge in [-0.25, -0.2) is 4.94 Å². The molecule has 0 bridgehead atoms. The Morgan fingerprint density at radius 2 is 0.914 bits per heavy atom. The summed E-state index contributed by atoms with van der Waals surface area (Å²) in [5.74, 6) is 0. The zero-order valence-corrected chi connectivity index (χ0v) is 20.9. The average Bonchev–Trinajstić information content (AvgIpc) is 3.73. The lowest BCUT2D eigenvalue weighted by Gasteiger charge is -2.40. The molecular weight excluding hydrogens is 461 g/mol. The molecule has 0 saturated carbocycles. The van der Waals surface area contributed by atoms with Gasteiger partial charge in [0.15, 0.2) is 0 Å². The van der Waals surface area contributed by atoms with E-state index in [0.29, 0.717) is 0 Å². The lowest BCUT2D eigenvalue weighted by Crippen LogP contribution is -2.34. The molecule has 10 nitrogen and oxygen atoms in total. The van der Waals surface area contributed by atoms with E-state index in [1.807, 2.05) is 48.5 Å². The number of nitrogens with zero attached hydrogens (tertiary/aromatic N) is 9. The molecule has 0 radical (unpaired) electrons. The van der Waals surface area contributed by atoms with Crippen LogP contribution in [0.5, 0.6) is 0 Å². The molecule has 35 heavy (non-hydrogen) atoms. The maximum Gasteiger partial charge on any atom is 0.134 e. The van der Waals surface area contributed by atoms with Crippen molar-refractivity contribution in [2.24, 2.45) is 0 Å². The average molecular weight is 494 g/mol. The Morgan fingerprint density at radius 1 is 0.543 bits per heavy atom. The van der Waals surface area contributed by atoms with Crippen LogP contribution in [-0.4, -0.2) is 83.6 Å². The summed E-state index contributed by atoms with van der Waals surface area (Å²) in [7, 11) is -0.0640. The first kappa shape index (κ1) is 22.8. The third-order valence-corrected chi connectivity index (χ3v) is 9.52. The number of aromatic nitrogens is 6. The Morgan fingerprint density at radius 3 is 1.31 bits per heavy atom. The summed E-state index contributed by atoms with van der Waals surface area (Å²) in [5.41, 5.74) is 3.04. The fourth-order valence-electron chi connectivity index (χ4n) is 5.06. The van der Waals surface area contributed by atoms with Crippen molar-refractivity contribution in [2.45, 2.75) is 38.5 Å². The number of hydrogen-bond acceptors (Lipinski definition) is 8. The topological polar surface area (TPSA) is 80.4 Å². The summed E-state index contributed by atoms with van der Waals surface area (Å²) in [4.78, 5) is 8.20. The largest absolute Gasteiger partial charge is 0.257 e. The Labute approximate surface area is 206 Å². The molecule has 0 atom stereocenters. The Kier molecular flexibility index (Phi) is 6.86. The summed E-state index contributed by atoms with van der Waals surface area (Å²) in [6.07, 6.45) is 8.59. The monoisotopic (exact) mass is 493 g/mol. The van der Waals surface area contributed by atoms with Gasteiger partial charge in [-0.2, -0.15) is 0 Å². The van der Waals surface area contributed by atoms with E-state index >= 15 is 0 Å². The van der Waals surface area contributed by atoms with Crippen LogP contribution in [0.25, 0.3) is 22.1 Å². The van der Waals surface area contributed by atoms with Gasteiger partial charge in [-0.15, -0.1) is 10.2 Å². The second kappa shape index (κ2) is 10.5. The second-order valence-electron chi connectivity index (χ2n) is 9.23. The zero-order valence-electron chi connectivity index (χ0n) is 20.0. The number of fused-ring (bicyclic) bond motifs is 2. The predicted molar refractivity (Wildman–Crippen MR) is 136 cm³/mol. The molecule has 3 saturated heterocycles. The van der Waals surface area contributed by atoms with E-state index in [1.165, 1.54) is 87.5 Å². The van der Waals surface area contributed by atoms with Crippen molar-refractivity contribution in [2.75, 3.05) is 39.3 Å². The van der Waals surface area contributed by atoms with Crippen molar-refractivity contribution in [3.05, 3.63) is 48.5 Å². The Bertz CT molecular complexity index is 1130. The first-order valence-electron chi connectivity index (χ1n) is 12.7. The summed E-state index contributed by atoms with van der Waals surface area (Å²) in [5, 5.41) is 15.9. The van der Waals surface area contributed by atoms with Gasteiger partial charge in [-0.3, -0.25) is 14.0 Å². The van der Waals surface area contributed by atoms with E-state index in [0.717, 1.165) is 22.1 Å². The lowest BCUT2D eigenvalue weighted by atomic mass is 10.3. The first-order valence-corrected chi connectivity index (χ1v) is 13.9. The molecule has 3 fully saturated rings. The van der Waals surface area contributed by atoms with E-state index in [2.05, 4.69) is 34.6 Å². The smallest absolute Gasteiger partial charge is 0.134 e. The Hall–Kier alpha value is -2.65. The molecule has 4 aromatic rings. The maximum atomic E-state index is 5.57. The summed E-state index contributed by atoms with van der Waals surface area (Å²) < 4.78 is 8.39. The van der Waals surface area contributed by atoms with E-state index in [-0.39, 0.29) is 8.37 Å². The van der Waals surface area contributed by atoms with Gasteiger partial charge in [-0.05, 0) is 82.9 Å². The minimum atomic E-state index is -0.0640. The van der Waals surface area contributed by atoms with Crippen LogP contribution in [-0.2, 0) is 0 Å². The quantitative estimate of drug-likeness (QED) is 0.391. The van der Waals surface area contributed by atoms with Crippen molar-refractivity contribution < 1.29 is 4.94 Å². The van der Waals surface area contributed by atoms with Gasteiger partial charge in [0.05, 0.1) is 0 Å². The molecule has 2 aromatic heterocycles. The molecule has 0 N–H and O–H groups in total. The highest BCUT2D eigenvalue weighted by Gasteiger charge is 2.35. The molecule has 0 unspecified atom stereocenters. The summed E-state index contributed by atoms with van der Waals surface area (Å²) in [6.45, 7) is 8.16. The van der Waals surface area contributed by atoms with Crippen LogP contribution in [0.4, 0.5) is 0 Å². The summed E-state index contributed by atoms with van der Waals surface area (Å²) >= 11 is 0. The Balaban J connectivity index is 0.000000133. The van der Waals surface area contributed by atoms with Crippen molar-refractivity contribution in [3.8, 4) is 0 Å². The lowest BCUT2D eigenvalue weighted by molar-refractivity contribution is -0.000138. The van der Waals surface area contributed by atoms with Crippen molar-refractivity contribution in [3.63, 3.8) is 0 Å². The minimum absolute atomic E-state index is 0.0640. The molecule has 0 aliphatic carbocycles. The molecule has 11 heteroatoms. The molecule has 0 amide bonds. The number of benzene rings is 2. The normalized spacial score (nSPS) is 19.7. The summed E-state index contributed by atoms with van der Waals surface area (Å²) in [6, 6.07) is 15.0. The van der Waals surface area contributed by atoms with Gasteiger partial charge in [0.25, 0.3) is 0 Å². The predicted octanol–water partition coefficient (Wildman–Crippen LogP) is 3.57. The highest BCUT2D eigenvalue weighted by atomic mass is 31.2. The van der Waals surface area contributed by atoms with Gasteiger partial charge in [0.1, 0.15) is 30.4 Å². The standard InChI is InChI=1S/C12H8N6O.C12H24N3P/c1-3-7-11-9(5-1)13-15-17(11)19-18-12-8-4-2-6-10(12)14-16-18;1-2-8-13(7-1)16(14-9-3-4-10-14)15-11-5-6-12-15/h1-8H;1-12H2. The first-order chi connectivity index (χ1) is 17.4. The van der Waals surface area contributed by atoms with Crippen LogP contribution in [0.2, 0.25) is 0 Å². The van der Waals surface area contributed by atoms with Crippen LogP contribution in [0.3, 0.4) is 0 Å². The van der Waals surface area contributed by atoms with E-state index in [9.17, 15) is 0 Å². The van der Waals surface area contributed by atoms with Gasteiger partial charge in [0, 0.05) is 39.3 Å². The van der Waals surface area contributed by atoms with Crippen molar-refractivity contribution in [1.29, 1.82) is 0 Å². The van der Waals surface area contributed by atoms with Crippen LogP contribution < -0.4 is 4.94 Å². The van der Waals surface area contributed by atoms with Gasteiger partial charge >= 0.3 is 0 Å². The zero-order chi connectivity index (χ0) is 23.5. The van der Waals surface area contributed by atoms with Gasteiger partial charge in [0.2, 0.25) is 0 Å². The van der Waals surface area contributed by atoms with Crippen molar-refractivity contribution in [1.82, 2.24) is 44.3 Å². The molecule has 5 heterocycles. The van der Waals surface area contributed by atoms with E-state index in [1.54, 1.807) is 0 Å². The fourth-order valence-corrected chi connectivity index (χ4v) is 8.06. The van der Waals surface area contributed by atoms with Crippen LogP contribution in [0, 0.1) is 0 Å². The fraction of sp³-hybridized carbons (Fsp3) is 0.500. The molecule has 0 spiro atoms. The van der Waals surface area contributed by atoms with Crippen molar-refractivity contribution >= 4 is 30.4 Å². The third kappa shape index (κ3) is 4.89. The van der Waals surface area contributed by atoms with E-state index in [4.69, 9.17) is 4.94 Å².